The number of Topliss-reactive ketones (excluding diaryl/α,β-unsaturated/α-hetero) is 1. The average Bonchev–Trinajstić information content (AvgIpc) is 1.58. The first-order valence-corrected chi connectivity index (χ1v) is 45.3. The number of likely N-dealkylation sites (N-methyl/N-ethyl adjacent to an activating group) is 7. The van der Waals surface area contributed by atoms with Crippen LogP contribution in [-0.2, 0) is 95.6 Å². The number of nitrogens with zero attached hydrogens (tertiary/aromatic N) is 7. The summed E-state index contributed by atoms with van der Waals surface area (Å²) < 4.78 is 27.8. The maximum absolute atomic E-state index is 15.9. The summed E-state index contributed by atoms with van der Waals surface area (Å²) in [6, 6.07) is -13.5. The zero-order valence-corrected chi connectivity index (χ0v) is 80.2. The van der Waals surface area contributed by atoms with Gasteiger partial charge in [0.25, 0.3) is 0 Å². The third-order valence-corrected chi connectivity index (χ3v) is 26.3. The predicted molar refractivity (Wildman–Crippen MR) is 473 cm³/mol. The predicted octanol–water partition coefficient (Wildman–Crippen LogP) is 6.44. The number of carbonyl (C=O) groups excluding carboxylic acids is 16. The summed E-state index contributed by atoms with van der Waals surface area (Å²) >= 11 is 0. The molecular weight excluding hydrogens is 1640 g/mol. The van der Waals surface area contributed by atoms with Crippen LogP contribution >= 0.6 is 0 Å². The first kappa shape index (κ1) is 108. The van der Waals surface area contributed by atoms with E-state index in [4.69, 9.17) is 23.7 Å². The highest BCUT2D eigenvalue weighted by Gasteiger charge is 2.68. The molecule has 0 aromatic rings. The summed E-state index contributed by atoms with van der Waals surface area (Å²) in [4.78, 5) is 239. The van der Waals surface area contributed by atoms with Gasteiger partial charge in [-0.1, -0.05) is 135 Å². The van der Waals surface area contributed by atoms with E-state index >= 15 is 19.2 Å². The molecule has 19 atom stereocenters. The zero-order valence-electron chi connectivity index (χ0n) is 80.2. The molecule has 0 aromatic carbocycles. The van der Waals surface area contributed by atoms with Crippen LogP contribution in [0, 0.1) is 76.6 Å². The fourth-order valence-electron chi connectivity index (χ4n) is 19.0. The topological polar surface area (TPSA) is 431 Å². The number of aliphatic hydroxyl groups excluding tert-OH is 1. The lowest BCUT2D eigenvalue weighted by Gasteiger charge is -2.59. The summed E-state index contributed by atoms with van der Waals surface area (Å²) in [6.07, 6.45) is 6.21. The van der Waals surface area contributed by atoms with Crippen LogP contribution in [0.1, 0.15) is 221 Å². The number of hydrogen-bond donors (Lipinski definition) is 6. The number of fused-ring (bicyclic) bond motifs is 5. The van der Waals surface area contributed by atoms with Crippen LogP contribution in [-0.4, -0.2) is 300 Å². The Morgan fingerprint density at radius 3 is 1.67 bits per heavy atom. The van der Waals surface area contributed by atoms with Gasteiger partial charge in [0.05, 0.1) is 38.7 Å². The molecule has 6 N–H and O–H groups in total. The normalized spacial score (nSPS) is 29.7. The quantitative estimate of drug-likeness (QED) is 0.0203. The van der Waals surface area contributed by atoms with E-state index in [-0.39, 0.29) is 125 Å². The van der Waals surface area contributed by atoms with Gasteiger partial charge in [-0.25, -0.2) is 4.79 Å². The van der Waals surface area contributed by atoms with E-state index < -0.39 is 222 Å². The second-order valence-corrected chi connectivity index (χ2v) is 38.5. The summed E-state index contributed by atoms with van der Waals surface area (Å²) in [7, 11) is 9.59. The second kappa shape index (κ2) is 47.9. The molecule has 34 nitrogen and oxygen atoms in total. The molecule has 1 heterocycles. The number of allylic oxidation sites excluding steroid dienone is 6. The highest BCUT2D eigenvalue weighted by atomic mass is 16.7. The molecule has 5 aliphatic rings. The number of esters is 2. The van der Waals surface area contributed by atoms with Gasteiger partial charge in [-0.05, 0) is 157 Å². The van der Waals surface area contributed by atoms with Crippen molar-refractivity contribution < 1.29 is 111 Å². The lowest BCUT2D eigenvalue weighted by molar-refractivity contribution is -0.181. The Labute approximate surface area is 751 Å². The summed E-state index contributed by atoms with van der Waals surface area (Å²) in [6.45, 7) is 32.2. The average molecular weight is 1790 g/mol. The fourth-order valence-corrected chi connectivity index (χ4v) is 19.0. The van der Waals surface area contributed by atoms with Crippen molar-refractivity contribution in [1.82, 2.24) is 55.6 Å². The number of nitrogens with one attached hydrogen (secondary N) is 4. The molecule has 4 fully saturated rings. The zero-order chi connectivity index (χ0) is 96.1. The van der Waals surface area contributed by atoms with E-state index in [0.717, 1.165) is 26.9 Å². The van der Waals surface area contributed by atoms with Crippen LogP contribution in [0.4, 0.5) is 4.79 Å². The minimum Gasteiger partial charge on any atom is -0.463 e. The molecule has 0 bridgehead atoms. The molecule has 13 unspecified atom stereocenters. The standard InChI is InChI=1S/C93H150N11O23/c1-27-29-31-58(15)79(127-90(121)125-41-30-40-123-42-43-124-73(109)34-35-74(110)126-51-71(107)93(122)39-37-64-63-33-32-61-48-62(105)36-38-91(61,18)75(63)70(106)49-92(64,93)19)78-83(114)96-65(28-2)85(116)98(20)50-72(108)99(21)66(44-52(3)4)82(113)97-76(56(11)12)88(119)100(22)67(45-53(5)6)81(112)94-59(16)80(111)95-60(17)84(115)101(23)68(46-54(7)8)86(117)102(24)69(47-55(9)10)87(118)103(25)77(57(13)14)89(120)104(78)26/h27,29,36,38,41,48,52-60,63-70,75-79,106,122H,28,30-35,37,39-40,42-47,49-51H2,1-26H3,(H,94,112)(H,95,111)(H,96,114)(H,97,113)/b29-27+/t58-,59?,60?,63?,64?,65?,66+,67?,68?,69?,70+,75?,76?,77?,78?,79?,91+,92+,93+/m1/s1. The van der Waals surface area contributed by atoms with Crippen LogP contribution in [0.3, 0.4) is 0 Å². The number of carbonyl (C=O) groups is 16. The minimum atomic E-state index is -1.89. The van der Waals surface area contributed by atoms with E-state index in [1.807, 2.05) is 75.3 Å². The molecular formula is C93H150N11O23. The third-order valence-electron chi connectivity index (χ3n) is 26.3. The highest BCUT2D eigenvalue weighted by Crippen LogP contribution is 2.67. The van der Waals surface area contributed by atoms with Crippen LogP contribution < -0.4 is 21.3 Å². The van der Waals surface area contributed by atoms with Crippen molar-refractivity contribution >= 4 is 94.6 Å². The summed E-state index contributed by atoms with van der Waals surface area (Å²) in [5.74, 6) is -14.2. The Morgan fingerprint density at radius 1 is 0.583 bits per heavy atom. The Kier molecular flexibility index (Phi) is 40.9. The lowest BCUT2D eigenvalue weighted by atomic mass is 9.46. The van der Waals surface area contributed by atoms with Crippen LogP contribution in [0.2, 0.25) is 0 Å². The van der Waals surface area contributed by atoms with Gasteiger partial charge in [-0.3, -0.25) is 71.9 Å². The van der Waals surface area contributed by atoms with E-state index in [1.165, 1.54) is 88.9 Å². The van der Waals surface area contributed by atoms with Crippen molar-refractivity contribution in [2.24, 2.45) is 70.0 Å². The van der Waals surface area contributed by atoms with Crippen molar-refractivity contribution in [2.75, 3.05) is 82.3 Å². The molecule has 1 radical (unpaired) electrons. The minimum absolute atomic E-state index is 0.0372. The van der Waals surface area contributed by atoms with Gasteiger partial charge in [0.1, 0.15) is 85.3 Å². The fraction of sp³-hybridized carbons (Fsp3) is 0.753. The van der Waals surface area contributed by atoms with Gasteiger partial charge in [-0.15, -0.1) is 0 Å². The van der Waals surface area contributed by atoms with E-state index in [1.54, 1.807) is 66.7 Å². The lowest BCUT2D eigenvalue weighted by Crippen LogP contribution is -2.64. The van der Waals surface area contributed by atoms with E-state index in [9.17, 15) is 67.7 Å². The van der Waals surface area contributed by atoms with Gasteiger partial charge in [0.15, 0.2) is 12.4 Å². The second-order valence-electron chi connectivity index (χ2n) is 38.5. The maximum atomic E-state index is 15.9. The number of ketones is 2. The van der Waals surface area contributed by atoms with Crippen LogP contribution in [0.25, 0.3) is 0 Å². The molecule has 0 spiro atoms. The molecule has 4 aliphatic carbocycles. The van der Waals surface area contributed by atoms with Crippen molar-refractivity contribution in [1.29, 1.82) is 0 Å². The molecule has 34 heteroatoms. The first-order valence-electron chi connectivity index (χ1n) is 45.3. The van der Waals surface area contributed by atoms with Gasteiger partial charge in [-0.2, -0.15) is 0 Å². The van der Waals surface area contributed by atoms with E-state index in [0.29, 0.717) is 19.3 Å². The Bertz CT molecular complexity index is 3990. The Morgan fingerprint density at radius 2 is 1.11 bits per heavy atom. The van der Waals surface area contributed by atoms with E-state index in [2.05, 4.69) is 21.3 Å². The Hall–Kier alpha value is -9.18. The van der Waals surface area contributed by atoms with Crippen molar-refractivity contribution in [2.45, 2.75) is 300 Å². The monoisotopic (exact) mass is 1790 g/mol. The smallest absolute Gasteiger partial charge is 0.463 e. The van der Waals surface area contributed by atoms with Crippen molar-refractivity contribution in [3.8, 4) is 0 Å². The molecule has 3 saturated carbocycles. The van der Waals surface area contributed by atoms with Crippen molar-refractivity contribution in [3.05, 3.63) is 42.6 Å². The molecule has 127 heavy (non-hydrogen) atoms. The van der Waals surface area contributed by atoms with Gasteiger partial charge in [0, 0.05) is 72.5 Å². The molecule has 1 aliphatic heterocycles. The molecule has 0 aromatic heterocycles. The molecule has 11 amide bonds. The highest BCUT2D eigenvalue weighted by molar-refractivity contribution is 6.02. The maximum Gasteiger partial charge on any atom is 0.509 e. The van der Waals surface area contributed by atoms with Crippen LogP contribution in [0.15, 0.2) is 36.0 Å². The van der Waals surface area contributed by atoms with Crippen molar-refractivity contribution in [3.63, 3.8) is 0 Å². The van der Waals surface area contributed by atoms with Gasteiger partial charge < -0.3 is 89.5 Å². The summed E-state index contributed by atoms with van der Waals surface area (Å²) in [5, 5.41) is 34.9. The van der Waals surface area contributed by atoms with Gasteiger partial charge in [0.2, 0.25) is 70.8 Å². The Balaban J connectivity index is 1.41. The number of hydrogen-bond acceptors (Lipinski definition) is 23. The number of amides is 11. The SMILES string of the molecule is C/C=C/C[C@@H](C)C(OC(=O)O[CH]CCOCCOC(=O)CCC(=O)OCC(=O)[C@@]1(O)CCC2C3CCC4=CC(=O)C=C[C@]4(C)C3[C@@H](O)C[C@@]21C)C1C(=O)NC(CC)C(=O)N(C)CC(=O)N(C)[C@@H](CC(C)C)C(=O)NC(C(C)C)C(=O)N(C)C(CC(C)C)C(=O)NC(C)C(=O)NC(C)C(=O)N(C)C(CC(C)C)C(=O)N(C)C(CC(C)C)C(=O)N(C)C(C(C)C)C(=O)N1C. The van der Waals surface area contributed by atoms with Gasteiger partial charge >= 0.3 is 18.1 Å². The number of rotatable bonds is 29. The summed E-state index contributed by atoms with van der Waals surface area (Å²) in [5.41, 5.74) is -2.48. The largest absolute Gasteiger partial charge is 0.509 e. The molecule has 1 saturated heterocycles. The first-order chi connectivity index (χ1) is 59.2. The third kappa shape index (κ3) is 27.5. The molecule has 5 rings (SSSR count). The molecule has 715 valence electrons. The number of ether oxygens (including phenoxy) is 5. The van der Waals surface area contributed by atoms with Crippen LogP contribution in [0.5, 0.6) is 0 Å². The number of aliphatic hydroxyl groups is 2.